The molecule has 0 fully saturated rings. The summed E-state index contributed by atoms with van der Waals surface area (Å²) in [5.41, 5.74) is 5.16. The van der Waals surface area contributed by atoms with E-state index in [2.05, 4.69) is 48.4 Å². The van der Waals surface area contributed by atoms with Crippen LogP contribution in [0.5, 0.6) is 0 Å². The van der Waals surface area contributed by atoms with Gasteiger partial charge >= 0.3 is 0 Å². The van der Waals surface area contributed by atoms with Gasteiger partial charge in [-0.15, -0.1) is 0 Å². The minimum Gasteiger partial charge on any atom is -0.313 e. The second kappa shape index (κ2) is 6.12. The van der Waals surface area contributed by atoms with Crippen molar-refractivity contribution in [1.82, 2.24) is 10.3 Å². The standard InChI is InChI=1S/C16H17N3/c1-3-18-9-13-5-4-12(2)16(7-13)15-6-14(8-17)10-19-11-15/h4-7,10-11,18H,3,9H2,1-2H3. The van der Waals surface area contributed by atoms with Crippen LogP contribution in [-0.4, -0.2) is 11.5 Å². The first-order valence-electron chi connectivity index (χ1n) is 6.40. The Kier molecular flexibility index (Phi) is 4.27. The van der Waals surface area contributed by atoms with Gasteiger partial charge in [-0.25, -0.2) is 0 Å². The van der Waals surface area contributed by atoms with E-state index in [-0.39, 0.29) is 0 Å². The number of nitriles is 1. The smallest absolute Gasteiger partial charge is 0.101 e. The summed E-state index contributed by atoms with van der Waals surface area (Å²) in [6.45, 7) is 5.98. The molecule has 0 atom stereocenters. The number of pyridine rings is 1. The third kappa shape index (κ3) is 3.18. The van der Waals surface area contributed by atoms with E-state index in [1.54, 1.807) is 12.4 Å². The molecule has 1 N–H and O–H groups in total. The van der Waals surface area contributed by atoms with Gasteiger partial charge in [0.2, 0.25) is 0 Å². The molecule has 0 unspecified atom stereocenters. The summed E-state index contributed by atoms with van der Waals surface area (Å²) < 4.78 is 0. The molecule has 1 aromatic heterocycles. The number of aryl methyl sites for hydroxylation is 1. The van der Waals surface area contributed by atoms with Gasteiger partial charge < -0.3 is 5.32 Å². The lowest BCUT2D eigenvalue weighted by Gasteiger charge is -2.09. The predicted octanol–water partition coefficient (Wildman–Crippen LogP) is 3.04. The van der Waals surface area contributed by atoms with Gasteiger partial charge in [0.05, 0.1) is 5.56 Å². The van der Waals surface area contributed by atoms with E-state index in [1.165, 1.54) is 11.1 Å². The Morgan fingerprint density at radius 2 is 2.11 bits per heavy atom. The summed E-state index contributed by atoms with van der Waals surface area (Å²) in [5.74, 6) is 0. The first-order valence-corrected chi connectivity index (χ1v) is 6.40. The summed E-state index contributed by atoms with van der Waals surface area (Å²) in [7, 11) is 0. The molecule has 0 saturated carbocycles. The van der Waals surface area contributed by atoms with E-state index >= 15 is 0 Å². The quantitative estimate of drug-likeness (QED) is 0.908. The van der Waals surface area contributed by atoms with Crippen molar-refractivity contribution in [1.29, 1.82) is 5.26 Å². The molecular weight excluding hydrogens is 234 g/mol. The van der Waals surface area contributed by atoms with E-state index in [0.717, 1.165) is 24.2 Å². The molecule has 0 aliphatic rings. The summed E-state index contributed by atoms with van der Waals surface area (Å²) in [4.78, 5) is 4.13. The Balaban J connectivity index is 2.40. The van der Waals surface area contributed by atoms with E-state index in [0.29, 0.717) is 5.56 Å². The van der Waals surface area contributed by atoms with Crippen molar-refractivity contribution < 1.29 is 0 Å². The molecule has 1 aromatic carbocycles. The fourth-order valence-electron chi connectivity index (χ4n) is 2.01. The van der Waals surface area contributed by atoms with Gasteiger partial charge in [-0.2, -0.15) is 5.26 Å². The van der Waals surface area contributed by atoms with Crippen LogP contribution in [0.1, 0.15) is 23.6 Å². The molecule has 0 aliphatic carbocycles. The van der Waals surface area contributed by atoms with Gasteiger partial charge in [0.15, 0.2) is 0 Å². The van der Waals surface area contributed by atoms with Crippen LogP contribution >= 0.6 is 0 Å². The van der Waals surface area contributed by atoms with Crippen molar-refractivity contribution >= 4 is 0 Å². The zero-order valence-electron chi connectivity index (χ0n) is 11.3. The number of hydrogen-bond acceptors (Lipinski definition) is 3. The van der Waals surface area contributed by atoms with Crippen LogP contribution < -0.4 is 5.32 Å². The zero-order valence-corrected chi connectivity index (χ0v) is 11.3. The number of hydrogen-bond donors (Lipinski definition) is 1. The van der Waals surface area contributed by atoms with Gasteiger partial charge in [-0.05, 0) is 42.3 Å². The van der Waals surface area contributed by atoms with Crippen LogP contribution in [0, 0.1) is 18.3 Å². The summed E-state index contributed by atoms with van der Waals surface area (Å²) >= 11 is 0. The van der Waals surface area contributed by atoms with Gasteiger partial charge in [-0.1, -0.05) is 19.1 Å². The lowest BCUT2D eigenvalue weighted by molar-refractivity contribution is 0.727. The molecule has 0 amide bonds. The van der Waals surface area contributed by atoms with Gasteiger partial charge in [0.25, 0.3) is 0 Å². The predicted molar refractivity (Wildman–Crippen MR) is 76.5 cm³/mol. The first kappa shape index (κ1) is 13.3. The monoisotopic (exact) mass is 251 g/mol. The summed E-state index contributed by atoms with van der Waals surface area (Å²) in [5, 5.41) is 12.3. The fourth-order valence-corrected chi connectivity index (χ4v) is 2.01. The van der Waals surface area contributed by atoms with Crippen molar-refractivity contribution in [3.63, 3.8) is 0 Å². The molecule has 0 radical (unpaired) electrons. The SMILES string of the molecule is CCNCc1ccc(C)c(-c2cncc(C#N)c2)c1. The molecule has 1 heterocycles. The molecule has 3 nitrogen and oxygen atoms in total. The minimum atomic E-state index is 0.592. The minimum absolute atomic E-state index is 0.592. The number of benzene rings is 1. The molecule has 96 valence electrons. The molecule has 3 heteroatoms. The Bertz CT molecular complexity index is 612. The lowest BCUT2D eigenvalue weighted by atomic mass is 9.98. The fraction of sp³-hybridized carbons (Fsp3) is 0.250. The molecule has 19 heavy (non-hydrogen) atoms. The molecule has 0 spiro atoms. The summed E-state index contributed by atoms with van der Waals surface area (Å²) in [6.07, 6.45) is 3.39. The van der Waals surface area contributed by atoms with E-state index in [4.69, 9.17) is 5.26 Å². The van der Waals surface area contributed by atoms with Crippen LogP contribution in [0.25, 0.3) is 11.1 Å². The Labute approximate surface area is 113 Å². The highest BCUT2D eigenvalue weighted by atomic mass is 14.8. The van der Waals surface area contributed by atoms with Crippen LogP contribution in [0.15, 0.2) is 36.7 Å². The Morgan fingerprint density at radius 1 is 1.26 bits per heavy atom. The Morgan fingerprint density at radius 3 is 2.84 bits per heavy atom. The second-order valence-electron chi connectivity index (χ2n) is 4.50. The number of nitrogens with zero attached hydrogens (tertiary/aromatic N) is 2. The van der Waals surface area contributed by atoms with Crippen molar-refractivity contribution in [3.05, 3.63) is 53.3 Å². The third-order valence-corrected chi connectivity index (χ3v) is 3.06. The maximum Gasteiger partial charge on any atom is 0.101 e. The van der Waals surface area contributed by atoms with Crippen molar-refractivity contribution in [2.24, 2.45) is 0 Å². The van der Waals surface area contributed by atoms with Gasteiger partial charge in [-0.3, -0.25) is 4.98 Å². The third-order valence-electron chi connectivity index (χ3n) is 3.06. The molecule has 0 aliphatic heterocycles. The van der Waals surface area contributed by atoms with E-state index in [1.807, 2.05) is 6.07 Å². The normalized spacial score (nSPS) is 10.2. The first-order chi connectivity index (χ1) is 9.24. The molecular formula is C16H17N3. The molecule has 0 saturated heterocycles. The highest BCUT2D eigenvalue weighted by Gasteiger charge is 2.05. The second-order valence-corrected chi connectivity index (χ2v) is 4.50. The van der Waals surface area contributed by atoms with Crippen LogP contribution in [0.2, 0.25) is 0 Å². The molecule has 0 bridgehead atoms. The van der Waals surface area contributed by atoms with Crippen LogP contribution in [-0.2, 0) is 6.54 Å². The largest absolute Gasteiger partial charge is 0.313 e. The van der Waals surface area contributed by atoms with Crippen LogP contribution in [0.4, 0.5) is 0 Å². The maximum absolute atomic E-state index is 8.95. The van der Waals surface area contributed by atoms with Gasteiger partial charge in [0, 0.05) is 24.5 Å². The maximum atomic E-state index is 8.95. The average molecular weight is 251 g/mol. The van der Waals surface area contributed by atoms with E-state index in [9.17, 15) is 0 Å². The molecule has 2 rings (SSSR count). The Hall–Kier alpha value is -2.18. The van der Waals surface area contributed by atoms with Crippen molar-refractivity contribution in [2.45, 2.75) is 20.4 Å². The van der Waals surface area contributed by atoms with E-state index < -0.39 is 0 Å². The van der Waals surface area contributed by atoms with Crippen LogP contribution in [0.3, 0.4) is 0 Å². The van der Waals surface area contributed by atoms with Crippen molar-refractivity contribution in [2.75, 3.05) is 6.54 Å². The zero-order chi connectivity index (χ0) is 13.7. The average Bonchev–Trinajstić information content (AvgIpc) is 2.46. The number of aromatic nitrogens is 1. The topological polar surface area (TPSA) is 48.7 Å². The summed E-state index contributed by atoms with van der Waals surface area (Å²) in [6, 6.07) is 10.4. The highest BCUT2D eigenvalue weighted by molar-refractivity contribution is 5.68. The highest BCUT2D eigenvalue weighted by Crippen LogP contribution is 2.24. The van der Waals surface area contributed by atoms with Gasteiger partial charge in [0.1, 0.15) is 6.07 Å². The van der Waals surface area contributed by atoms with Crippen molar-refractivity contribution in [3.8, 4) is 17.2 Å². The number of nitrogens with one attached hydrogen (secondary N) is 1. The molecule has 2 aromatic rings. The lowest BCUT2D eigenvalue weighted by Crippen LogP contribution is -2.11. The number of rotatable bonds is 4.